The fourth-order valence-electron chi connectivity index (χ4n) is 3.01. The highest BCUT2D eigenvalue weighted by Gasteiger charge is 2.09. The lowest BCUT2D eigenvalue weighted by molar-refractivity contribution is 0.0734. The number of nitrogens with zero attached hydrogens (tertiary/aromatic N) is 3. The second-order valence-corrected chi connectivity index (χ2v) is 8.28. The molecule has 0 unspecified atom stereocenters. The van der Waals surface area contributed by atoms with Gasteiger partial charge in [-0.3, -0.25) is 0 Å². The largest absolute Gasteiger partial charge is 0.494 e. The highest BCUT2D eigenvalue weighted by atomic mass is 32.1. The minimum atomic E-state index is -0.455. The molecule has 168 valence electrons. The minimum absolute atomic E-state index is 0.313. The maximum atomic E-state index is 13.3. The van der Waals surface area contributed by atoms with E-state index in [4.69, 9.17) is 9.47 Å². The Morgan fingerprint density at radius 3 is 2.48 bits per heavy atom. The number of unbranched alkanes of at least 4 members (excludes halogenated alkanes) is 2. The lowest BCUT2D eigenvalue weighted by Gasteiger charge is -2.07. The number of rotatable bonds is 9. The van der Waals surface area contributed by atoms with Crippen LogP contribution in [0.1, 0.15) is 36.5 Å². The van der Waals surface area contributed by atoms with Crippen LogP contribution in [0, 0.1) is 5.82 Å². The van der Waals surface area contributed by atoms with Crippen LogP contribution < -0.4 is 9.47 Å². The Morgan fingerprint density at radius 2 is 1.73 bits per heavy atom. The molecule has 3 aromatic carbocycles. The number of halogens is 1. The Balaban J connectivity index is 1.33. The van der Waals surface area contributed by atoms with Crippen molar-refractivity contribution >= 4 is 38.3 Å². The summed E-state index contributed by atoms with van der Waals surface area (Å²) in [5, 5.41) is 8.69. The van der Waals surface area contributed by atoms with Gasteiger partial charge in [-0.15, -0.1) is 10.2 Å². The minimum Gasteiger partial charge on any atom is -0.494 e. The summed E-state index contributed by atoms with van der Waals surface area (Å²) >= 11 is 1.26. The van der Waals surface area contributed by atoms with E-state index in [1.165, 1.54) is 23.5 Å². The average molecular weight is 464 g/mol. The predicted octanol–water partition coefficient (Wildman–Crippen LogP) is 7.64. The second kappa shape index (κ2) is 10.8. The number of esters is 1. The molecule has 0 aliphatic rings. The van der Waals surface area contributed by atoms with E-state index in [1.807, 2.05) is 0 Å². The first-order chi connectivity index (χ1) is 16.1. The van der Waals surface area contributed by atoms with Crippen molar-refractivity contribution in [2.75, 3.05) is 6.61 Å². The third-order valence-electron chi connectivity index (χ3n) is 4.74. The average Bonchev–Trinajstić information content (AvgIpc) is 3.24. The van der Waals surface area contributed by atoms with Gasteiger partial charge < -0.3 is 9.47 Å². The number of aromatic nitrogens is 1. The summed E-state index contributed by atoms with van der Waals surface area (Å²) in [4.78, 5) is 16.7. The molecular formula is C25H22FN3O3S. The van der Waals surface area contributed by atoms with Gasteiger partial charge in [0.1, 0.15) is 17.3 Å². The van der Waals surface area contributed by atoms with Gasteiger partial charge in [-0.25, -0.2) is 14.2 Å². The van der Waals surface area contributed by atoms with Crippen molar-refractivity contribution in [1.82, 2.24) is 4.98 Å². The maximum absolute atomic E-state index is 13.3. The molecule has 8 heteroatoms. The van der Waals surface area contributed by atoms with Gasteiger partial charge in [0.15, 0.2) is 0 Å². The SMILES string of the molecule is CCCCCOc1ccc(C(=O)Oc2ccc(N=Nc3nc4ccc(F)cc4s3)cc2)cc1. The van der Waals surface area contributed by atoms with Crippen molar-refractivity contribution in [1.29, 1.82) is 0 Å². The Labute approximate surface area is 194 Å². The van der Waals surface area contributed by atoms with Crippen LogP contribution in [0.5, 0.6) is 11.5 Å². The zero-order chi connectivity index (χ0) is 23.0. The Kier molecular flexibility index (Phi) is 7.36. The molecule has 0 atom stereocenters. The van der Waals surface area contributed by atoms with Crippen molar-refractivity contribution < 1.29 is 18.7 Å². The quantitative estimate of drug-likeness (QED) is 0.111. The van der Waals surface area contributed by atoms with E-state index in [9.17, 15) is 9.18 Å². The zero-order valence-corrected chi connectivity index (χ0v) is 18.8. The Morgan fingerprint density at radius 1 is 0.970 bits per heavy atom. The Bertz CT molecular complexity index is 1250. The van der Waals surface area contributed by atoms with Crippen LogP contribution in [0.3, 0.4) is 0 Å². The van der Waals surface area contributed by atoms with Gasteiger partial charge in [0.2, 0.25) is 5.13 Å². The number of benzene rings is 3. The van der Waals surface area contributed by atoms with E-state index in [-0.39, 0.29) is 5.82 Å². The molecule has 33 heavy (non-hydrogen) atoms. The van der Waals surface area contributed by atoms with Crippen molar-refractivity contribution in [3.05, 3.63) is 78.1 Å². The lowest BCUT2D eigenvalue weighted by atomic mass is 10.2. The molecule has 0 saturated heterocycles. The van der Waals surface area contributed by atoms with E-state index < -0.39 is 5.97 Å². The van der Waals surface area contributed by atoms with Gasteiger partial charge in [-0.05, 0) is 73.2 Å². The molecule has 0 aliphatic heterocycles. The van der Waals surface area contributed by atoms with Gasteiger partial charge in [-0.1, -0.05) is 31.1 Å². The normalized spacial score (nSPS) is 11.2. The number of ether oxygens (including phenoxy) is 2. The summed E-state index contributed by atoms with van der Waals surface area (Å²) in [5.41, 5.74) is 1.69. The summed E-state index contributed by atoms with van der Waals surface area (Å²) in [6.07, 6.45) is 3.29. The van der Waals surface area contributed by atoms with Crippen molar-refractivity contribution in [3.8, 4) is 11.5 Å². The van der Waals surface area contributed by atoms with E-state index >= 15 is 0 Å². The fraction of sp³-hybridized carbons (Fsp3) is 0.200. The first kappa shape index (κ1) is 22.5. The molecule has 0 aliphatic carbocycles. The number of carbonyl (C=O) groups is 1. The summed E-state index contributed by atoms with van der Waals surface area (Å²) < 4.78 is 25.1. The molecule has 4 aromatic rings. The number of hydrogen-bond acceptors (Lipinski definition) is 7. The number of carbonyl (C=O) groups excluding carboxylic acids is 1. The maximum Gasteiger partial charge on any atom is 0.343 e. The van der Waals surface area contributed by atoms with Crippen LogP contribution >= 0.6 is 11.3 Å². The molecule has 0 radical (unpaired) electrons. The molecule has 1 aromatic heterocycles. The van der Waals surface area contributed by atoms with Gasteiger partial charge in [0, 0.05) is 0 Å². The van der Waals surface area contributed by atoms with Crippen LogP contribution in [-0.4, -0.2) is 17.6 Å². The van der Waals surface area contributed by atoms with Crippen LogP contribution in [0.2, 0.25) is 0 Å². The lowest BCUT2D eigenvalue weighted by Crippen LogP contribution is -2.08. The van der Waals surface area contributed by atoms with Gasteiger partial charge >= 0.3 is 5.97 Å². The van der Waals surface area contributed by atoms with Gasteiger partial charge in [0.05, 0.1) is 28.1 Å². The molecule has 4 rings (SSSR count). The van der Waals surface area contributed by atoms with Gasteiger partial charge in [-0.2, -0.15) is 0 Å². The second-order valence-electron chi connectivity index (χ2n) is 7.27. The summed E-state index contributed by atoms with van der Waals surface area (Å²) in [7, 11) is 0. The molecule has 0 bridgehead atoms. The number of fused-ring (bicyclic) bond motifs is 1. The van der Waals surface area contributed by atoms with E-state index in [0.29, 0.717) is 39.0 Å². The Hall–Kier alpha value is -3.65. The van der Waals surface area contributed by atoms with Crippen molar-refractivity contribution in [3.63, 3.8) is 0 Å². The van der Waals surface area contributed by atoms with Crippen molar-refractivity contribution in [2.24, 2.45) is 10.2 Å². The molecule has 0 amide bonds. The molecule has 0 fully saturated rings. The highest BCUT2D eigenvalue weighted by molar-refractivity contribution is 7.21. The first-order valence-electron chi connectivity index (χ1n) is 10.6. The summed E-state index contributed by atoms with van der Waals surface area (Å²) in [6, 6.07) is 18.0. The highest BCUT2D eigenvalue weighted by Crippen LogP contribution is 2.30. The number of hydrogen-bond donors (Lipinski definition) is 0. The summed E-state index contributed by atoms with van der Waals surface area (Å²) in [5.74, 6) is 0.361. The molecule has 0 spiro atoms. The van der Waals surface area contributed by atoms with Crippen LogP contribution in [-0.2, 0) is 0 Å². The molecule has 6 nitrogen and oxygen atoms in total. The monoisotopic (exact) mass is 463 g/mol. The molecular weight excluding hydrogens is 441 g/mol. The topological polar surface area (TPSA) is 73.1 Å². The molecule has 0 saturated carbocycles. The first-order valence-corrected chi connectivity index (χ1v) is 11.5. The number of azo groups is 1. The van der Waals surface area contributed by atoms with E-state index in [1.54, 1.807) is 54.6 Å². The van der Waals surface area contributed by atoms with Crippen LogP contribution in [0.25, 0.3) is 10.2 Å². The zero-order valence-electron chi connectivity index (χ0n) is 18.0. The standard InChI is InChI=1S/C25H22FN3O3S/c1-2-3-4-15-31-20-10-5-17(6-11-20)24(30)32-21-12-8-19(9-13-21)28-29-25-27-22-14-7-18(26)16-23(22)33-25/h5-14,16H,2-4,15H2,1H3. The van der Waals surface area contributed by atoms with E-state index in [2.05, 4.69) is 22.1 Å². The smallest absolute Gasteiger partial charge is 0.343 e. The number of thiazole rings is 1. The van der Waals surface area contributed by atoms with Crippen molar-refractivity contribution in [2.45, 2.75) is 26.2 Å². The fourth-order valence-corrected chi connectivity index (χ4v) is 3.82. The van der Waals surface area contributed by atoms with Gasteiger partial charge in [0.25, 0.3) is 0 Å². The third kappa shape index (κ3) is 6.20. The van der Waals surface area contributed by atoms with Crippen LogP contribution in [0.4, 0.5) is 15.2 Å². The van der Waals surface area contributed by atoms with E-state index in [0.717, 1.165) is 25.0 Å². The van der Waals surface area contributed by atoms with Crippen LogP contribution in [0.15, 0.2) is 77.0 Å². The third-order valence-corrected chi connectivity index (χ3v) is 5.65. The predicted molar refractivity (Wildman–Crippen MR) is 127 cm³/mol. The molecule has 0 N–H and O–H groups in total. The molecule has 1 heterocycles. The summed E-state index contributed by atoms with van der Waals surface area (Å²) in [6.45, 7) is 2.81.